The number of anilines is 1. The van der Waals surface area contributed by atoms with E-state index >= 15 is 0 Å². The van der Waals surface area contributed by atoms with Crippen molar-refractivity contribution < 1.29 is 9.59 Å². The summed E-state index contributed by atoms with van der Waals surface area (Å²) in [4.78, 5) is 24.8. The van der Waals surface area contributed by atoms with E-state index in [4.69, 9.17) is 11.6 Å². The number of rotatable bonds is 6. The van der Waals surface area contributed by atoms with Gasteiger partial charge < -0.3 is 5.32 Å². The van der Waals surface area contributed by atoms with Crippen LogP contribution in [0.15, 0.2) is 96.1 Å². The van der Waals surface area contributed by atoms with E-state index in [2.05, 4.69) is 15.8 Å². The molecule has 4 rings (SSSR count). The van der Waals surface area contributed by atoms with Gasteiger partial charge in [0.15, 0.2) is 0 Å². The van der Waals surface area contributed by atoms with Crippen molar-refractivity contribution >= 4 is 45.6 Å². The van der Waals surface area contributed by atoms with Gasteiger partial charge >= 0.3 is 0 Å². The molecule has 0 radical (unpaired) electrons. The van der Waals surface area contributed by atoms with Gasteiger partial charge in [-0.1, -0.05) is 66.2 Å². The summed E-state index contributed by atoms with van der Waals surface area (Å²) < 4.78 is 0. The van der Waals surface area contributed by atoms with E-state index in [1.807, 2.05) is 61.5 Å². The highest BCUT2D eigenvalue weighted by molar-refractivity contribution is 6.30. The summed E-state index contributed by atoms with van der Waals surface area (Å²) in [6.07, 6.45) is 0.244. The average Bonchev–Trinajstić information content (AvgIpc) is 2.83. The van der Waals surface area contributed by atoms with Crippen molar-refractivity contribution in [3.63, 3.8) is 0 Å². The van der Waals surface area contributed by atoms with Crippen LogP contribution in [0, 0.1) is 0 Å². The minimum atomic E-state index is -0.217. The van der Waals surface area contributed by atoms with Crippen molar-refractivity contribution in [2.24, 2.45) is 5.10 Å². The van der Waals surface area contributed by atoms with Gasteiger partial charge in [-0.25, -0.2) is 5.43 Å². The molecule has 2 amide bonds. The first-order chi connectivity index (χ1) is 16.0. The van der Waals surface area contributed by atoms with E-state index in [1.165, 1.54) is 0 Å². The van der Waals surface area contributed by atoms with Gasteiger partial charge in [0.05, 0.1) is 12.1 Å². The molecular weight excluding hydrogens is 434 g/mol. The van der Waals surface area contributed by atoms with E-state index in [1.54, 1.807) is 36.4 Å². The molecule has 0 aliphatic heterocycles. The first-order valence-electron chi connectivity index (χ1n) is 10.5. The van der Waals surface area contributed by atoms with Gasteiger partial charge in [-0.2, -0.15) is 5.10 Å². The zero-order valence-corrected chi connectivity index (χ0v) is 18.8. The number of halogens is 1. The third-order valence-electron chi connectivity index (χ3n) is 5.25. The van der Waals surface area contributed by atoms with Crippen molar-refractivity contribution in [3.05, 3.63) is 113 Å². The topological polar surface area (TPSA) is 70.6 Å². The van der Waals surface area contributed by atoms with E-state index in [9.17, 15) is 9.59 Å². The number of fused-ring (bicyclic) bond motifs is 1. The molecule has 4 aromatic carbocycles. The number of benzene rings is 4. The number of nitrogens with zero attached hydrogens (tertiary/aromatic N) is 1. The van der Waals surface area contributed by atoms with Gasteiger partial charge in [-0.3, -0.25) is 9.59 Å². The molecule has 5 nitrogen and oxygen atoms in total. The largest absolute Gasteiger partial charge is 0.322 e. The smallest absolute Gasteiger partial charge is 0.255 e. The average molecular weight is 456 g/mol. The molecule has 0 heterocycles. The minimum Gasteiger partial charge on any atom is -0.322 e. The maximum absolute atomic E-state index is 12.4. The Morgan fingerprint density at radius 2 is 1.48 bits per heavy atom. The van der Waals surface area contributed by atoms with E-state index < -0.39 is 0 Å². The molecule has 0 aromatic heterocycles. The lowest BCUT2D eigenvalue weighted by atomic mass is 10.0. The Labute approximate surface area is 197 Å². The predicted molar refractivity (Wildman–Crippen MR) is 134 cm³/mol. The zero-order valence-electron chi connectivity index (χ0n) is 18.0. The Morgan fingerprint density at radius 1 is 0.818 bits per heavy atom. The third-order valence-corrected chi connectivity index (χ3v) is 5.50. The lowest BCUT2D eigenvalue weighted by Crippen LogP contribution is -2.21. The van der Waals surface area contributed by atoms with Crippen molar-refractivity contribution in [2.75, 3.05) is 5.32 Å². The second-order valence-electron chi connectivity index (χ2n) is 7.59. The molecule has 0 atom stereocenters. The Morgan fingerprint density at radius 3 is 2.24 bits per heavy atom. The molecule has 0 spiro atoms. The first kappa shape index (κ1) is 22.2. The molecule has 0 saturated heterocycles. The van der Waals surface area contributed by atoms with Gasteiger partial charge in [0.25, 0.3) is 5.91 Å². The number of nitrogens with one attached hydrogen (secondary N) is 2. The fraction of sp³-hybridized carbons (Fsp3) is 0.0741. The zero-order chi connectivity index (χ0) is 23.2. The molecule has 0 saturated carbocycles. The second kappa shape index (κ2) is 10.1. The number of hydrogen-bond acceptors (Lipinski definition) is 3. The lowest BCUT2D eigenvalue weighted by molar-refractivity contribution is -0.120. The second-order valence-corrected chi connectivity index (χ2v) is 8.02. The van der Waals surface area contributed by atoms with Crippen molar-refractivity contribution in [2.45, 2.75) is 13.3 Å². The molecule has 2 N–H and O–H groups in total. The summed E-state index contributed by atoms with van der Waals surface area (Å²) in [6, 6.07) is 27.9. The highest BCUT2D eigenvalue weighted by atomic mass is 35.5. The summed E-state index contributed by atoms with van der Waals surface area (Å²) in [5, 5.41) is 9.82. The molecule has 0 aliphatic rings. The van der Waals surface area contributed by atoms with Crippen LogP contribution in [0.3, 0.4) is 0 Å². The van der Waals surface area contributed by atoms with Crippen LogP contribution < -0.4 is 10.7 Å². The summed E-state index contributed by atoms with van der Waals surface area (Å²) >= 11 is 5.86. The molecule has 33 heavy (non-hydrogen) atoms. The molecule has 0 aliphatic carbocycles. The van der Waals surface area contributed by atoms with Crippen LogP contribution in [0.5, 0.6) is 0 Å². The summed E-state index contributed by atoms with van der Waals surface area (Å²) in [7, 11) is 0. The number of carbonyl (C=O) groups excluding carboxylic acids is 2. The highest BCUT2D eigenvalue weighted by Gasteiger charge is 2.08. The van der Waals surface area contributed by atoms with Crippen LogP contribution in [0.2, 0.25) is 5.02 Å². The van der Waals surface area contributed by atoms with Gasteiger partial charge in [-0.05, 0) is 65.2 Å². The monoisotopic (exact) mass is 455 g/mol. The standard InChI is InChI=1S/C27H22ClN3O2/c1-18(30-31-26(32)17-22-7-4-6-20-5-2-3-8-25(20)22)19-11-15-24(16-12-19)29-27(33)21-9-13-23(28)14-10-21/h2-16H,17H2,1H3,(H,29,33)(H,31,32). The molecule has 4 aromatic rings. The Hall–Kier alpha value is -3.96. The number of amides is 2. The van der Waals surface area contributed by atoms with Crippen LogP contribution in [0.4, 0.5) is 5.69 Å². The van der Waals surface area contributed by atoms with Gasteiger partial charge in [0.2, 0.25) is 5.91 Å². The van der Waals surface area contributed by atoms with Crippen LogP contribution in [-0.2, 0) is 11.2 Å². The first-order valence-corrected chi connectivity index (χ1v) is 10.8. The Kier molecular flexibility index (Phi) is 6.81. The molecule has 0 bridgehead atoms. The van der Waals surface area contributed by atoms with Gasteiger partial charge in [0.1, 0.15) is 0 Å². The van der Waals surface area contributed by atoms with Crippen molar-refractivity contribution in [1.82, 2.24) is 5.43 Å². The van der Waals surface area contributed by atoms with E-state index in [-0.39, 0.29) is 18.2 Å². The highest BCUT2D eigenvalue weighted by Crippen LogP contribution is 2.19. The normalized spacial score (nSPS) is 11.3. The predicted octanol–water partition coefficient (Wildman–Crippen LogP) is 5.83. The fourth-order valence-electron chi connectivity index (χ4n) is 3.47. The minimum absolute atomic E-state index is 0.183. The summed E-state index contributed by atoms with van der Waals surface area (Å²) in [6.45, 7) is 1.82. The molecule has 164 valence electrons. The van der Waals surface area contributed by atoms with E-state index in [0.717, 1.165) is 21.9 Å². The SMILES string of the molecule is CC(=NNC(=O)Cc1cccc2ccccc12)c1ccc(NC(=O)c2ccc(Cl)cc2)cc1. The molecule has 0 unspecified atom stereocenters. The lowest BCUT2D eigenvalue weighted by Gasteiger charge is -2.08. The third kappa shape index (κ3) is 5.64. The maximum Gasteiger partial charge on any atom is 0.255 e. The maximum atomic E-state index is 12.4. The quantitative estimate of drug-likeness (QED) is 0.283. The number of hydrazone groups is 1. The summed E-state index contributed by atoms with van der Waals surface area (Å²) in [5.41, 5.74) is 6.28. The van der Waals surface area contributed by atoms with Crippen molar-refractivity contribution in [1.29, 1.82) is 0 Å². The summed E-state index contributed by atoms with van der Waals surface area (Å²) in [5.74, 6) is -0.400. The van der Waals surface area contributed by atoms with Gasteiger partial charge in [0, 0.05) is 16.3 Å². The van der Waals surface area contributed by atoms with Crippen LogP contribution in [0.1, 0.15) is 28.4 Å². The fourth-order valence-corrected chi connectivity index (χ4v) is 3.60. The van der Waals surface area contributed by atoms with E-state index in [0.29, 0.717) is 22.0 Å². The van der Waals surface area contributed by atoms with Crippen LogP contribution in [0.25, 0.3) is 10.8 Å². The molecule has 6 heteroatoms. The Bertz CT molecular complexity index is 1320. The number of hydrogen-bond donors (Lipinski definition) is 2. The number of carbonyl (C=O) groups is 2. The van der Waals surface area contributed by atoms with Crippen molar-refractivity contribution in [3.8, 4) is 0 Å². The molecule has 0 fully saturated rings. The molecular formula is C27H22ClN3O2. The van der Waals surface area contributed by atoms with Gasteiger partial charge in [-0.15, -0.1) is 0 Å². The Balaban J connectivity index is 1.37. The van der Waals surface area contributed by atoms with Crippen LogP contribution in [-0.4, -0.2) is 17.5 Å². The van der Waals surface area contributed by atoms with Crippen LogP contribution >= 0.6 is 11.6 Å².